The maximum Gasteiger partial charge on any atom is 0.254 e. The average molecular weight is 455 g/mol. The Morgan fingerprint density at radius 3 is 2.79 bits per heavy atom. The van der Waals surface area contributed by atoms with Crippen LogP contribution >= 0.6 is 0 Å². The van der Waals surface area contributed by atoms with Gasteiger partial charge in [-0.1, -0.05) is 50.5 Å². The van der Waals surface area contributed by atoms with Crippen molar-refractivity contribution in [3.8, 4) is 0 Å². The molecule has 0 saturated heterocycles. The van der Waals surface area contributed by atoms with E-state index in [9.17, 15) is 4.79 Å². The Morgan fingerprint density at radius 1 is 1.09 bits per heavy atom. The molecule has 7 nitrogen and oxygen atoms in total. The number of nitrogens with one attached hydrogen (secondary N) is 1. The van der Waals surface area contributed by atoms with Crippen molar-refractivity contribution in [3.05, 3.63) is 81.4 Å². The molecule has 1 aliphatic heterocycles. The number of tetrazole rings is 1. The molecule has 0 bridgehead atoms. The minimum Gasteiger partial charge on any atom is -0.357 e. The van der Waals surface area contributed by atoms with E-state index in [1.165, 1.54) is 30.4 Å². The number of aromatic amines is 1. The first-order valence-electron chi connectivity index (χ1n) is 12.5. The molecule has 4 aromatic rings. The van der Waals surface area contributed by atoms with Gasteiger partial charge in [0.1, 0.15) is 6.04 Å². The van der Waals surface area contributed by atoms with Gasteiger partial charge in [0.05, 0.1) is 6.04 Å². The summed E-state index contributed by atoms with van der Waals surface area (Å²) in [5, 5.41) is 14.2. The van der Waals surface area contributed by atoms with Crippen LogP contribution in [0, 0.1) is 0 Å². The lowest BCUT2D eigenvalue weighted by Gasteiger charge is -2.31. The van der Waals surface area contributed by atoms with E-state index in [2.05, 4.69) is 74.8 Å². The predicted octanol–water partition coefficient (Wildman–Crippen LogP) is 4.73. The Bertz CT molecular complexity index is 1380. The lowest BCUT2D eigenvalue weighted by molar-refractivity contribution is 0.313. The Hall–Kier alpha value is -3.48. The summed E-state index contributed by atoms with van der Waals surface area (Å²) < 4.78 is 2.01. The van der Waals surface area contributed by atoms with E-state index in [1.807, 2.05) is 10.7 Å². The minimum absolute atomic E-state index is 0.0793. The monoisotopic (exact) mass is 454 g/mol. The molecule has 2 aromatic heterocycles. The van der Waals surface area contributed by atoms with Crippen LogP contribution < -0.4 is 10.5 Å². The largest absolute Gasteiger partial charge is 0.357 e. The number of fused-ring (bicyclic) bond motifs is 2. The van der Waals surface area contributed by atoms with Crippen LogP contribution in [-0.4, -0.2) is 31.7 Å². The fourth-order valence-electron chi connectivity index (χ4n) is 5.74. The zero-order chi connectivity index (χ0) is 23.1. The lowest BCUT2D eigenvalue weighted by atomic mass is 9.95. The van der Waals surface area contributed by atoms with Crippen LogP contribution in [0.4, 0.5) is 5.69 Å². The molecule has 2 aliphatic rings. The number of hydrogen-bond acceptors (Lipinski definition) is 5. The molecule has 0 unspecified atom stereocenters. The van der Waals surface area contributed by atoms with Crippen molar-refractivity contribution in [2.75, 3.05) is 11.4 Å². The van der Waals surface area contributed by atoms with Gasteiger partial charge in [0.2, 0.25) is 0 Å². The Labute approximate surface area is 198 Å². The number of rotatable bonds is 5. The van der Waals surface area contributed by atoms with Crippen LogP contribution in [0.15, 0.2) is 53.3 Å². The molecular weight excluding hydrogens is 424 g/mol. The first-order chi connectivity index (χ1) is 16.7. The molecule has 1 fully saturated rings. The van der Waals surface area contributed by atoms with Crippen LogP contribution in [0.2, 0.25) is 0 Å². The molecule has 1 N–H and O–H groups in total. The molecule has 0 spiro atoms. The van der Waals surface area contributed by atoms with Gasteiger partial charge in [0.25, 0.3) is 5.56 Å². The summed E-state index contributed by atoms with van der Waals surface area (Å²) in [6.07, 6.45) is 7.71. The third kappa shape index (κ3) is 3.59. The third-order valence-electron chi connectivity index (χ3n) is 7.56. The van der Waals surface area contributed by atoms with Crippen molar-refractivity contribution in [1.29, 1.82) is 0 Å². The zero-order valence-corrected chi connectivity index (χ0v) is 19.6. The van der Waals surface area contributed by atoms with Crippen LogP contribution in [0.5, 0.6) is 0 Å². The Morgan fingerprint density at radius 2 is 1.94 bits per heavy atom. The van der Waals surface area contributed by atoms with E-state index in [0.717, 1.165) is 54.6 Å². The van der Waals surface area contributed by atoms with Gasteiger partial charge >= 0.3 is 0 Å². The molecule has 0 amide bonds. The molecule has 1 saturated carbocycles. The number of anilines is 1. The second kappa shape index (κ2) is 8.70. The second-order valence-corrected chi connectivity index (χ2v) is 9.58. The molecular formula is C27H30N6O. The lowest BCUT2D eigenvalue weighted by Crippen LogP contribution is -2.35. The maximum absolute atomic E-state index is 13.5. The van der Waals surface area contributed by atoms with E-state index < -0.39 is 0 Å². The predicted molar refractivity (Wildman–Crippen MR) is 133 cm³/mol. The minimum atomic E-state index is -0.348. The Balaban J connectivity index is 1.54. The van der Waals surface area contributed by atoms with Crippen molar-refractivity contribution in [2.24, 2.45) is 0 Å². The molecule has 34 heavy (non-hydrogen) atoms. The number of H-pyrrole nitrogens is 1. The highest BCUT2D eigenvalue weighted by molar-refractivity contribution is 5.80. The number of pyridine rings is 1. The van der Waals surface area contributed by atoms with Crippen LogP contribution in [-0.2, 0) is 12.8 Å². The smallest absolute Gasteiger partial charge is 0.254 e. The van der Waals surface area contributed by atoms with Gasteiger partial charge in [-0.25, -0.2) is 4.68 Å². The topological polar surface area (TPSA) is 79.7 Å². The highest BCUT2D eigenvalue weighted by Crippen LogP contribution is 2.39. The summed E-state index contributed by atoms with van der Waals surface area (Å²) >= 11 is 0. The fraction of sp³-hybridized carbons (Fsp3) is 0.407. The van der Waals surface area contributed by atoms with Crippen molar-refractivity contribution >= 4 is 16.6 Å². The van der Waals surface area contributed by atoms with Crippen LogP contribution in [0.25, 0.3) is 10.9 Å². The zero-order valence-electron chi connectivity index (χ0n) is 19.6. The van der Waals surface area contributed by atoms with Crippen molar-refractivity contribution in [3.63, 3.8) is 0 Å². The highest BCUT2D eigenvalue weighted by atomic mass is 16.1. The summed E-state index contributed by atoms with van der Waals surface area (Å²) in [6.45, 7) is 2.98. The highest BCUT2D eigenvalue weighted by Gasteiger charge is 2.35. The normalized spacial score (nSPS) is 17.3. The first kappa shape index (κ1) is 21.1. The number of aryl methyl sites for hydroxylation is 1. The summed E-state index contributed by atoms with van der Waals surface area (Å²) in [5.41, 5.74) is 5.19. The fourth-order valence-corrected chi connectivity index (χ4v) is 5.74. The van der Waals surface area contributed by atoms with Gasteiger partial charge in [-0.15, -0.1) is 5.10 Å². The number of aromatic nitrogens is 5. The van der Waals surface area contributed by atoms with Crippen LogP contribution in [0.3, 0.4) is 0 Å². The average Bonchev–Trinajstić information content (AvgIpc) is 3.53. The summed E-state index contributed by atoms with van der Waals surface area (Å²) in [7, 11) is 0. The van der Waals surface area contributed by atoms with Gasteiger partial charge < -0.3 is 9.88 Å². The van der Waals surface area contributed by atoms with Crippen molar-refractivity contribution in [2.45, 2.75) is 64.0 Å². The standard InChI is InChI=1S/C27H30N6O/c1-2-18-12-13-23-20(16-18)17-22(27(34)28-23)25(32-15-14-19-8-6-7-11-24(19)32)26-29-30-31-33(26)21-9-4-3-5-10-21/h6-8,11-13,16-17,21,25H,2-5,9-10,14-15H2,1H3,(H,28,34)/t25-/m0/s1. The van der Waals surface area contributed by atoms with Gasteiger partial charge in [-0.2, -0.15) is 0 Å². The summed E-state index contributed by atoms with van der Waals surface area (Å²) in [5.74, 6) is 0.764. The Kier molecular flexibility index (Phi) is 5.40. The van der Waals surface area contributed by atoms with E-state index >= 15 is 0 Å². The van der Waals surface area contributed by atoms with E-state index in [1.54, 1.807) is 0 Å². The molecule has 174 valence electrons. The first-order valence-corrected chi connectivity index (χ1v) is 12.5. The number of nitrogens with zero attached hydrogens (tertiary/aromatic N) is 5. The molecule has 3 heterocycles. The molecule has 1 atom stereocenters. The van der Waals surface area contributed by atoms with Gasteiger partial charge in [-0.3, -0.25) is 4.79 Å². The molecule has 7 heteroatoms. The van der Waals surface area contributed by atoms with Crippen LogP contribution in [0.1, 0.15) is 73.6 Å². The summed E-state index contributed by atoms with van der Waals surface area (Å²) in [4.78, 5) is 19.0. The third-order valence-corrected chi connectivity index (χ3v) is 7.56. The van der Waals surface area contributed by atoms with E-state index in [0.29, 0.717) is 5.56 Å². The molecule has 0 radical (unpaired) electrons. The van der Waals surface area contributed by atoms with Gasteiger partial charge in [-0.05, 0) is 76.9 Å². The van der Waals surface area contributed by atoms with E-state index in [-0.39, 0.29) is 17.6 Å². The number of benzene rings is 2. The molecule has 1 aliphatic carbocycles. The van der Waals surface area contributed by atoms with Crippen molar-refractivity contribution < 1.29 is 0 Å². The maximum atomic E-state index is 13.5. The summed E-state index contributed by atoms with van der Waals surface area (Å²) in [6, 6.07) is 16.7. The quantitative estimate of drug-likeness (QED) is 0.471. The molecule has 2 aromatic carbocycles. The second-order valence-electron chi connectivity index (χ2n) is 9.58. The number of hydrogen-bond donors (Lipinski definition) is 1. The van der Waals surface area contributed by atoms with E-state index in [4.69, 9.17) is 0 Å². The van der Waals surface area contributed by atoms with Gasteiger partial charge in [0, 0.05) is 23.3 Å². The molecule has 6 rings (SSSR count). The SMILES string of the molecule is CCc1ccc2[nH]c(=O)c([C@@H](c3nnnn3C3CCCCC3)N3CCc4ccccc43)cc2c1. The number of para-hydroxylation sites is 1. The van der Waals surface area contributed by atoms with Crippen molar-refractivity contribution in [1.82, 2.24) is 25.2 Å². The van der Waals surface area contributed by atoms with Gasteiger partial charge in [0.15, 0.2) is 5.82 Å².